The normalized spacial score (nSPS) is 10.0. The van der Waals surface area contributed by atoms with E-state index in [0.717, 1.165) is 0 Å². The Morgan fingerprint density at radius 2 is 1.70 bits per heavy atom. The summed E-state index contributed by atoms with van der Waals surface area (Å²) >= 11 is 0. The quantitative estimate of drug-likeness (QED) is 0.589. The van der Waals surface area contributed by atoms with E-state index in [0.29, 0.717) is 18.5 Å². The molecular formula is C11H16ClN3O5. The second-order valence-electron chi connectivity index (χ2n) is 4.19. The number of rotatable bonds is 6. The summed E-state index contributed by atoms with van der Waals surface area (Å²) in [5.41, 5.74) is -0.763. The molecule has 8 nitrogen and oxygen atoms in total. The molecule has 9 heteroatoms. The highest BCUT2D eigenvalue weighted by atomic mass is 35.5. The second-order valence-corrected chi connectivity index (χ2v) is 4.19. The molecular weight excluding hydrogens is 290 g/mol. The molecule has 0 N–H and O–H groups in total. The minimum Gasteiger partial charge on any atom is -0.490 e. The number of nitro benzene ring substituents is 2. The van der Waals surface area contributed by atoms with Crippen molar-refractivity contribution in [2.45, 2.75) is 6.42 Å². The van der Waals surface area contributed by atoms with Crippen LogP contribution in [0.2, 0.25) is 0 Å². The number of hydrogen-bond donors (Lipinski definition) is 0. The molecule has 0 radical (unpaired) electrons. The third-order valence-corrected chi connectivity index (χ3v) is 2.61. The molecule has 1 aromatic rings. The molecule has 0 heterocycles. The van der Waals surface area contributed by atoms with Crippen LogP contribution in [0.25, 0.3) is 0 Å². The van der Waals surface area contributed by atoms with Crippen molar-refractivity contribution in [1.29, 1.82) is 0 Å². The Bertz CT molecular complexity index is 507. The van der Waals surface area contributed by atoms with Gasteiger partial charge in [-0.05, 0) is 32.6 Å². The van der Waals surface area contributed by atoms with E-state index in [1.54, 1.807) is 0 Å². The van der Waals surface area contributed by atoms with Gasteiger partial charge >= 0.3 is 11.4 Å². The number of methoxy groups -OCH3 is 1. The molecule has 0 fully saturated rings. The van der Waals surface area contributed by atoms with Crippen LogP contribution in [0.1, 0.15) is 5.56 Å². The zero-order valence-electron chi connectivity index (χ0n) is 11.4. The first-order valence-electron chi connectivity index (χ1n) is 5.51. The summed E-state index contributed by atoms with van der Waals surface area (Å²) in [6.07, 6.45) is 0.355. The van der Waals surface area contributed by atoms with Crippen LogP contribution in [0, 0.1) is 20.2 Å². The SMILES string of the molecule is COc1ccc(CCN(C)C)c([N+](=O)[O-])c1[N+](=O)[O-].Cl. The van der Waals surface area contributed by atoms with E-state index in [-0.39, 0.29) is 18.2 Å². The summed E-state index contributed by atoms with van der Waals surface area (Å²) < 4.78 is 4.82. The zero-order valence-corrected chi connectivity index (χ0v) is 12.2. The van der Waals surface area contributed by atoms with Crippen LogP contribution in [-0.4, -0.2) is 42.5 Å². The van der Waals surface area contributed by atoms with Crippen molar-refractivity contribution in [2.24, 2.45) is 0 Å². The number of benzene rings is 1. The summed E-state index contributed by atoms with van der Waals surface area (Å²) in [5, 5.41) is 22.1. The molecule has 0 aliphatic rings. The highest BCUT2D eigenvalue weighted by molar-refractivity contribution is 5.85. The number of likely N-dealkylation sites (N-methyl/N-ethyl adjacent to an activating group) is 1. The van der Waals surface area contributed by atoms with Crippen LogP contribution >= 0.6 is 12.4 Å². The Labute approximate surface area is 122 Å². The molecule has 0 bridgehead atoms. The number of ether oxygens (including phenoxy) is 1. The van der Waals surface area contributed by atoms with E-state index < -0.39 is 21.2 Å². The van der Waals surface area contributed by atoms with Crippen LogP contribution < -0.4 is 4.74 Å². The van der Waals surface area contributed by atoms with Crippen molar-refractivity contribution in [1.82, 2.24) is 4.90 Å². The fourth-order valence-corrected chi connectivity index (χ4v) is 1.69. The molecule has 0 aliphatic carbocycles. The van der Waals surface area contributed by atoms with Crippen LogP contribution in [0.5, 0.6) is 5.75 Å². The van der Waals surface area contributed by atoms with E-state index in [1.807, 2.05) is 19.0 Å². The van der Waals surface area contributed by atoms with Gasteiger partial charge in [-0.15, -0.1) is 12.4 Å². The van der Waals surface area contributed by atoms with Gasteiger partial charge in [0.05, 0.1) is 17.0 Å². The van der Waals surface area contributed by atoms with Crippen LogP contribution in [-0.2, 0) is 6.42 Å². The van der Waals surface area contributed by atoms with Crippen molar-refractivity contribution in [3.63, 3.8) is 0 Å². The first-order valence-corrected chi connectivity index (χ1v) is 5.51. The number of hydrogen-bond acceptors (Lipinski definition) is 6. The standard InChI is InChI=1S/C11H15N3O5.ClH/c1-12(2)7-6-8-4-5-9(19-3)11(14(17)18)10(8)13(15)16;/h4-5H,6-7H2,1-3H3;1H. The Morgan fingerprint density at radius 1 is 1.15 bits per heavy atom. The molecule has 1 rings (SSSR count). The highest BCUT2D eigenvalue weighted by Crippen LogP contribution is 2.39. The smallest absolute Gasteiger partial charge is 0.387 e. The monoisotopic (exact) mass is 305 g/mol. The summed E-state index contributed by atoms with van der Waals surface area (Å²) in [5.74, 6) is -0.106. The van der Waals surface area contributed by atoms with Gasteiger partial charge in [0.25, 0.3) is 0 Å². The molecule has 0 atom stereocenters. The van der Waals surface area contributed by atoms with Crippen LogP contribution in [0.3, 0.4) is 0 Å². The molecule has 0 aromatic heterocycles. The largest absolute Gasteiger partial charge is 0.490 e. The van der Waals surface area contributed by atoms with Gasteiger partial charge in [-0.25, -0.2) is 0 Å². The fraction of sp³-hybridized carbons (Fsp3) is 0.455. The maximum atomic E-state index is 11.1. The van der Waals surface area contributed by atoms with Gasteiger partial charge in [0, 0.05) is 12.1 Å². The van der Waals surface area contributed by atoms with Crippen molar-refractivity contribution in [2.75, 3.05) is 27.7 Å². The van der Waals surface area contributed by atoms with Crippen molar-refractivity contribution in [3.8, 4) is 5.75 Å². The predicted molar refractivity (Wildman–Crippen MR) is 75.8 cm³/mol. The Balaban J connectivity index is 0.00000361. The molecule has 1 aromatic carbocycles. The first-order chi connectivity index (χ1) is 8.88. The van der Waals surface area contributed by atoms with Crippen LogP contribution in [0.4, 0.5) is 11.4 Å². The van der Waals surface area contributed by atoms with Gasteiger partial charge in [0.2, 0.25) is 5.75 Å². The lowest BCUT2D eigenvalue weighted by atomic mass is 10.1. The van der Waals surface area contributed by atoms with E-state index in [4.69, 9.17) is 4.74 Å². The van der Waals surface area contributed by atoms with Gasteiger partial charge in [0.1, 0.15) is 0 Å². The van der Waals surface area contributed by atoms with Gasteiger partial charge in [-0.3, -0.25) is 20.2 Å². The Kier molecular flexibility index (Phi) is 6.87. The number of nitro groups is 2. The lowest BCUT2D eigenvalue weighted by Crippen LogP contribution is -2.16. The minimum atomic E-state index is -0.782. The second kappa shape index (κ2) is 7.61. The van der Waals surface area contributed by atoms with Gasteiger partial charge in [0.15, 0.2) is 0 Å². The van der Waals surface area contributed by atoms with Crippen LogP contribution in [0.15, 0.2) is 12.1 Å². The fourth-order valence-electron chi connectivity index (χ4n) is 1.69. The lowest BCUT2D eigenvalue weighted by Gasteiger charge is -2.10. The third kappa shape index (κ3) is 4.04. The van der Waals surface area contributed by atoms with E-state index in [1.165, 1.54) is 19.2 Å². The molecule has 0 spiro atoms. The predicted octanol–water partition coefficient (Wildman–Crippen LogP) is 2.04. The molecule has 112 valence electrons. The van der Waals surface area contributed by atoms with E-state index >= 15 is 0 Å². The highest BCUT2D eigenvalue weighted by Gasteiger charge is 2.33. The average Bonchev–Trinajstić information content (AvgIpc) is 2.34. The molecule has 0 unspecified atom stereocenters. The summed E-state index contributed by atoms with van der Waals surface area (Å²) in [6, 6.07) is 2.88. The Hall–Kier alpha value is -1.93. The number of nitrogens with zero attached hydrogens (tertiary/aromatic N) is 3. The van der Waals surface area contributed by atoms with E-state index in [2.05, 4.69) is 0 Å². The van der Waals surface area contributed by atoms with Gasteiger partial charge in [-0.2, -0.15) is 0 Å². The zero-order chi connectivity index (χ0) is 14.6. The van der Waals surface area contributed by atoms with Gasteiger partial charge < -0.3 is 9.64 Å². The Morgan fingerprint density at radius 3 is 2.10 bits per heavy atom. The van der Waals surface area contributed by atoms with Crippen molar-refractivity contribution in [3.05, 3.63) is 37.9 Å². The summed E-state index contributed by atoms with van der Waals surface area (Å²) in [6.45, 7) is 0.560. The molecule has 0 saturated carbocycles. The summed E-state index contributed by atoms with van der Waals surface area (Å²) in [4.78, 5) is 22.4. The van der Waals surface area contributed by atoms with Crippen molar-refractivity contribution >= 4 is 23.8 Å². The molecule has 0 amide bonds. The molecule has 20 heavy (non-hydrogen) atoms. The average molecular weight is 306 g/mol. The lowest BCUT2D eigenvalue weighted by molar-refractivity contribution is -0.423. The topological polar surface area (TPSA) is 98.8 Å². The maximum absolute atomic E-state index is 11.1. The third-order valence-electron chi connectivity index (χ3n) is 2.61. The maximum Gasteiger partial charge on any atom is 0.387 e. The van der Waals surface area contributed by atoms with E-state index in [9.17, 15) is 20.2 Å². The van der Waals surface area contributed by atoms with Crippen molar-refractivity contribution < 1.29 is 14.6 Å². The summed E-state index contributed by atoms with van der Waals surface area (Å²) in [7, 11) is 4.89. The van der Waals surface area contributed by atoms with Gasteiger partial charge in [-0.1, -0.05) is 0 Å². The molecule has 0 aliphatic heterocycles. The first kappa shape index (κ1) is 18.1. The molecule has 0 saturated heterocycles. The number of halogens is 1. The minimum absolute atomic E-state index is 0.